The van der Waals surface area contributed by atoms with Gasteiger partial charge in [0.1, 0.15) is 0 Å². The standard InChI is InChI=1S/C11H13NO5S/c1-3-10(13)12-8-4-7(11(14)15)5-9(6-8)18(2,16)17/h4-6H,3H2,1-2H3,(H,12,13)(H,14,15). The maximum Gasteiger partial charge on any atom is 0.335 e. The van der Waals surface area contributed by atoms with E-state index in [1.807, 2.05) is 0 Å². The summed E-state index contributed by atoms with van der Waals surface area (Å²) in [5, 5.41) is 11.3. The van der Waals surface area contributed by atoms with E-state index in [1.54, 1.807) is 6.92 Å². The minimum absolute atomic E-state index is 0.145. The molecule has 7 heteroatoms. The van der Waals surface area contributed by atoms with Gasteiger partial charge in [0, 0.05) is 18.4 Å². The van der Waals surface area contributed by atoms with Crippen LogP contribution in [0.4, 0.5) is 5.69 Å². The van der Waals surface area contributed by atoms with Gasteiger partial charge in [-0.3, -0.25) is 4.79 Å². The number of carbonyl (C=O) groups excluding carboxylic acids is 1. The second kappa shape index (κ2) is 5.18. The molecule has 18 heavy (non-hydrogen) atoms. The number of aromatic carboxylic acids is 1. The van der Waals surface area contributed by atoms with Gasteiger partial charge in [0.05, 0.1) is 10.5 Å². The molecule has 1 amide bonds. The van der Waals surface area contributed by atoms with Crippen molar-refractivity contribution in [1.82, 2.24) is 0 Å². The van der Waals surface area contributed by atoms with Gasteiger partial charge >= 0.3 is 5.97 Å². The first-order valence-corrected chi connectivity index (χ1v) is 7.01. The Bertz CT molecular complexity index is 591. The fraction of sp³-hybridized carbons (Fsp3) is 0.273. The molecule has 0 aliphatic heterocycles. The van der Waals surface area contributed by atoms with Gasteiger partial charge < -0.3 is 10.4 Å². The number of rotatable bonds is 4. The summed E-state index contributed by atoms with van der Waals surface area (Å²) in [6.45, 7) is 1.63. The first-order chi connectivity index (χ1) is 8.24. The summed E-state index contributed by atoms with van der Waals surface area (Å²) in [6.07, 6.45) is 1.19. The molecule has 1 aromatic rings. The predicted molar refractivity (Wildman–Crippen MR) is 65.4 cm³/mol. The highest BCUT2D eigenvalue weighted by atomic mass is 32.2. The number of amides is 1. The Kier molecular flexibility index (Phi) is 4.07. The first kappa shape index (κ1) is 14.2. The Labute approximate surface area is 105 Å². The third-order valence-corrected chi connectivity index (χ3v) is 3.28. The summed E-state index contributed by atoms with van der Waals surface area (Å²) < 4.78 is 22.8. The average Bonchev–Trinajstić information content (AvgIpc) is 2.27. The molecule has 0 radical (unpaired) electrons. The van der Waals surface area contributed by atoms with Crippen molar-refractivity contribution in [2.75, 3.05) is 11.6 Å². The van der Waals surface area contributed by atoms with E-state index in [1.165, 1.54) is 12.1 Å². The fourth-order valence-corrected chi connectivity index (χ4v) is 1.94. The second-order valence-electron chi connectivity index (χ2n) is 3.73. The lowest BCUT2D eigenvalue weighted by Gasteiger charge is -2.07. The minimum Gasteiger partial charge on any atom is -0.478 e. The summed E-state index contributed by atoms with van der Waals surface area (Å²) in [5.41, 5.74) is -0.0356. The van der Waals surface area contributed by atoms with E-state index >= 15 is 0 Å². The van der Waals surface area contributed by atoms with Crippen LogP contribution < -0.4 is 5.32 Å². The van der Waals surface area contributed by atoms with Gasteiger partial charge in [-0.05, 0) is 18.2 Å². The lowest BCUT2D eigenvalue weighted by Crippen LogP contribution is -2.11. The molecule has 0 saturated heterocycles. The highest BCUT2D eigenvalue weighted by molar-refractivity contribution is 7.90. The molecule has 98 valence electrons. The molecule has 0 fully saturated rings. The molecule has 6 nitrogen and oxygen atoms in total. The van der Waals surface area contributed by atoms with Gasteiger partial charge in [-0.1, -0.05) is 6.92 Å². The average molecular weight is 271 g/mol. The molecule has 1 rings (SSSR count). The van der Waals surface area contributed by atoms with Crippen molar-refractivity contribution in [2.45, 2.75) is 18.2 Å². The number of carboxylic acid groups (broad SMARTS) is 1. The van der Waals surface area contributed by atoms with Crippen molar-refractivity contribution >= 4 is 27.4 Å². The normalized spacial score (nSPS) is 11.0. The fourth-order valence-electron chi connectivity index (χ4n) is 1.26. The van der Waals surface area contributed by atoms with Crippen molar-refractivity contribution in [2.24, 2.45) is 0 Å². The van der Waals surface area contributed by atoms with E-state index in [2.05, 4.69) is 5.32 Å². The summed E-state index contributed by atoms with van der Waals surface area (Å²) in [6, 6.07) is 3.50. The largest absolute Gasteiger partial charge is 0.478 e. The highest BCUT2D eigenvalue weighted by Crippen LogP contribution is 2.19. The zero-order valence-corrected chi connectivity index (χ0v) is 10.7. The molecule has 0 bridgehead atoms. The quantitative estimate of drug-likeness (QED) is 0.855. The Morgan fingerprint density at radius 3 is 2.33 bits per heavy atom. The van der Waals surface area contributed by atoms with Gasteiger partial charge in [0.25, 0.3) is 0 Å². The summed E-state index contributed by atoms with van der Waals surface area (Å²) in [4.78, 5) is 22.0. The Balaban J connectivity index is 3.31. The molecule has 0 unspecified atom stereocenters. The number of hydrogen-bond donors (Lipinski definition) is 2. The van der Waals surface area contributed by atoms with Crippen molar-refractivity contribution in [3.8, 4) is 0 Å². The van der Waals surface area contributed by atoms with E-state index in [-0.39, 0.29) is 28.5 Å². The number of hydrogen-bond acceptors (Lipinski definition) is 4. The molecule has 0 saturated carbocycles. The lowest BCUT2D eigenvalue weighted by atomic mass is 10.2. The number of benzene rings is 1. The molecule has 0 heterocycles. The van der Waals surface area contributed by atoms with E-state index in [0.717, 1.165) is 12.3 Å². The highest BCUT2D eigenvalue weighted by Gasteiger charge is 2.14. The van der Waals surface area contributed by atoms with Gasteiger partial charge in [0.2, 0.25) is 5.91 Å². The van der Waals surface area contributed by atoms with Crippen LogP contribution in [-0.2, 0) is 14.6 Å². The predicted octanol–water partition coefficient (Wildman–Crippen LogP) is 1.14. The Morgan fingerprint density at radius 1 is 1.28 bits per heavy atom. The van der Waals surface area contributed by atoms with Crippen molar-refractivity contribution in [3.63, 3.8) is 0 Å². The van der Waals surface area contributed by atoms with Crippen LogP contribution in [0.15, 0.2) is 23.1 Å². The van der Waals surface area contributed by atoms with Gasteiger partial charge in [-0.15, -0.1) is 0 Å². The zero-order valence-electron chi connectivity index (χ0n) is 9.93. The molecule has 1 aromatic carbocycles. The van der Waals surface area contributed by atoms with Crippen LogP contribution in [0.1, 0.15) is 23.7 Å². The number of sulfone groups is 1. The smallest absolute Gasteiger partial charge is 0.335 e. The van der Waals surface area contributed by atoms with E-state index in [4.69, 9.17) is 5.11 Å². The Hall–Kier alpha value is -1.89. The molecule has 0 aliphatic carbocycles. The maximum absolute atomic E-state index is 11.4. The lowest BCUT2D eigenvalue weighted by molar-refractivity contribution is -0.115. The Morgan fingerprint density at radius 2 is 1.89 bits per heavy atom. The summed E-state index contributed by atoms with van der Waals surface area (Å²) >= 11 is 0. The van der Waals surface area contributed by atoms with Crippen molar-refractivity contribution in [3.05, 3.63) is 23.8 Å². The van der Waals surface area contributed by atoms with Crippen molar-refractivity contribution in [1.29, 1.82) is 0 Å². The molecule has 0 aliphatic rings. The molecular formula is C11H13NO5S. The van der Waals surface area contributed by atoms with E-state index < -0.39 is 15.8 Å². The number of carbonyl (C=O) groups is 2. The number of nitrogens with one attached hydrogen (secondary N) is 1. The number of anilines is 1. The van der Waals surface area contributed by atoms with E-state index in [9.17, 15) is 18.0 Å². The molecule has 0 aromatic heterocycles. The second-order valence-corrected chi connectivity index (χ2v) is 5.74. The summed E-state index contributed by atoms with van der Waals surface area (Å²) in [7, 11) is -3.54. The van der Waals surface area contributed by atoms with Crippen molar-refractivity contribution < 1.29 is 23.1 Å². The van der Waals surface area contributed by atoms with Gasteiger partial charge in [-0.2, -0.15) is 0 Å². The van der Waals surface area contributed by atoms with Crippen LogP contribution in [0.5, 0.6) is 0 Å². The zero-order chi connectivity index (χ0) is 13.9. The third kappa shape index (κ3) is 3.56. The van der Waals surface area contributed by atoms with E-state index in [0.29, 0.717) is 0 Å². The van der Waals surface area contributed by atoms with Gasteiger partial charge in [0.15, 0.2) is 9.84 Å². The van der Waals surface area contributed by atoms with Crippen LogP contribution >= 0.6 is 0 Å². The topological polar surface area (TPSA) is 101 Å². The van der Waals surface area contributed by atoms with Crippen LogP contribution in [-0.4, -0.2) is 31.7 Å². The monoisotopic (exact) mass is 271 g/mol. The third-order valence-electron chi connectivity index (χ3n) is 2.19. The summed E-state index contributed by atoms with van der Waals surface area (Å²) in [5.74, 6) is -1.58. The minimum atomic E-state index is -3.54. The molecular weight excluding hydrogens is 258 g/mol. The van der Waals surface area contributed by atoms with Gasteiger partial charge in [-0.25, -0.2) is 13.2 Å². The molecule has 0 atom stereocenters. The first-order valence-electron chi connectivity index (χ1n) is 5.12. The number of carboxylic acids is 1. The molecule has 2 N–H and O–H groups in total. The van der Waals surface area contributed by atoms with Crippen LogP contribution in [0.2, 0.25) is 0 Å². The van der Waals surface area contributed by atoms with Crippen LogP contribution in [0, 0.1) is 0 Å². The van der Waals surface area contributed by atoms with Crippen LogP contribution in [0.3, 0.4) is 0 Å². The SMILES string of the molecule is CCC(=O)Nc1cc(C(=O)O)cc(S(C)(=O)=O)c1. The van der Waals surface area contributed by atoms with Crippen LogP contribution in [0.25, 0.3) is 0 Å². The molecule has 0 spiro atoms. The maximum atomic E-state index is 11.4.